The van der Waals surface area contributed by atoms with Gasteiger partial charge in [0, 0.05) is 37.0 Å². The second-order valence-electron chi connectivity index (χ2n) is 6.31. The standard InChI is InChI=1S/C18H17N7O2/c1-12-6-18(26)25(23-12)17-7-16(21-11-22-17)24-5-3-14(10-24)27-15-9-20-4-2-13(15)8-19/h2,4,6-7,9,11,14,23H,3,5,10H2,1H3. The van der Waals surface area contributed by atoms with Crippen molar-refractivity contribution < 1.29 is 4.74 Å². The molecule has 1 atom stereocenters. The van der Waals surface area contributed by atoms with E-state index in [9.17, 15) is 4.79 Å². The maximum atomic E-state index is 12.0. The molecular formula is C18H17N7O2. The third kappa shape index (κ3) is 3.37. The van der Waals surface area contributed by atoms with E-state index >= 15 is 0 Å². The molecule has 0 aliphatic carbocycles. The van der Waals surface area contributed by atoms with E-state index in [1.807, 2.05) is 6.92 Å². The Labute approximate surface area is 154 Å². The summed E-state index contributed by atoms with van der Waals surface area (Å²) in [7, 11) is 0. The second-order valence-corrected chi connectivity index (χ2v) is 6.31. The predicted octanol–water partition coefficient (Wildman–Crippen LogP) is 1.19. The number of anilines is 1. The lowest BCUT2D eigenvalue weighted by Gasteiger charge is -2.18. The number of aromatic nitrogens is 5. The molecule has 0 bridgehead atoms. The van der Waals surface area contributed by atoms with Crippen LogP contribution in [0, 0.1) is 18.3 Å². The van der Waals surface area contributed by atoms with E-state index < -0.39 is 0 Å². The number of nitrogens with one attached hydrogen (secondary N) is 1. The summed E-state index contributed by atoms with van der Waals surface area (Å²) in [6.45, 7) is 3.19. The normalized spacial score (nSPS) is 16.3. The first-order valence-corrected chi connectivity index (χ1v) is 8.51. The zero-order valence-electron chi connectivity index (χ0n) is 14.7. The molecule has 27 heavy (non-hydrogen) atoms. The summed E-state index contributed by atoms with van der Waals surface area (Å²) in [6, 6.07) is 7.03. The summed E-state index contributed by atoms with van der Waals surface area (Å²) in [6.07, 6.45) is 5.29. The smallest absolute Gasteiger partial charge is 0.272 e. The Bertz CT molecular complexity index is 1070. The third-order valence-electron chi connectivity index (χ3n) is 4.38. The van der Waals surface area contributed by atoms with Crippen molar-refractivity contribution in [3.05, 3.63) is 58.5 Å². The van der Waals surface area contributed by atoms with Crippen LogP contribution in [0.1, 0.15) is 17.7 Å². The van der Waals surface area contributed by atoms with Crippen molar-refractivity contribution in [1.29, 1.82) is 5.26 Å². The first-order valence-electron chi connectivity index (χ1n) is 8.51. The zero-order valence-corrected chi connectivity index (χ0v) is 14.7. The average molecular weight is 363 g/mol. The van der Waals surface area contributed by atoms with Gasteiger partial charge in [-0.15, -0.1) is 0 Å². The molecule has 3 aromatic rings. The van der Waals surface area contributed by atoms with Gasteiger partial charge < -0.3 is 9.64 Å². The number of rotatable bonds is 4. The van der Waals surface area contributed by atoms with E-state index in [4.69, 9.17) is 10.00 Å². The van der Waals surface area contributed by atoms with Gasteiger partial charge in [0.25, 0.3) is 5.56 Å². The minimum atomic E-state index is -0.166. The van der Waals surface area contributed by atoms with Crippen LogP contribution in [0.5, 0.6) is 5.75 Å². The van der Waals surface area contributed by atoms with Crippen molar-refractivity contribution in [1.82, 2.24) is 24.7 Å². The topological polar surface area (TPSA) is 113 Å². The van der Waals surface area contributed by atoms with E-state index in [-0.39, 0.29) is 11.7 Å². The molecule has 0 spiro atoms. The molecule has 1 N–H and O–H groups in total. The van der Waals surface area contributed by atoms with E-state index in [2.05, 4.69) is 31.0 Å². The van der Waals surface area contributed by atoms with Gasteiger partial charge in [0.15, 0.2) is 11.6 Å². The number of H-pyrrole nitrogens is 1. The minimum Gasteiger partial charge on any atom is -0.485 e. The van der Waals surface area contributed by atoms with Gasteiger partial charge in [0.1, 0.15) is 24.3 Å². The molecule has 9 heteroatoms. The number of aryl methyl sites for hydroxylation is 1. The molecule has 0 aromatic carbocycles. The lowest BCUT2D eigenvalue weighted by molar-refractivity contribution is 0.223. The molecular weight excluding hydrogens is 346 g/mol. The van der Waals surface area contributed by atoms with Gasteiger partial charge in [-0.2, -0.15) is 5.26 Å². The first-order chi connectivity index (χ1) is 13.1. The highest BCUT2D eigenvalue weighted by molar-refractivity contribution is 5.45. The highest BCUT2D eigenvalue weighted by Gasteiger charge is 2.26. The molecule has 1 aliphatic heterocycles. The molecule has 4 rings (SSSR count). The molecule has 4 heterocycles. The predicted molar refractivity (Wildman–Crippen MR) is 96.9 cm³/mol. The van der Waals surface area contributed by atoms with E-state index in [0.29, 0.717) is 23.7 Å². The Morgan fingerprint density at radius 1 is 1.33 bits per heavy atom. The quantitative estimate of drug-likeness (QED) is 0.741. The van der Waals surface area contributed by atoms with Crippen molar-refractivity contribution in [2.75, 3.05) is 18.0 Å². The molecule has 3 aromatic heterocycles. The summed E-state index contributed by atoms with van der Waals surface area (Å²) in [5.74, 6) is 1.70. The maximum Gasteiger partial charge on any atom is 0.272 e. The summed E-state index contributed by atoms with van der Waals surface area (Å²) in [5, 5.41) is 12.1. The molecule has 136 valence electrons. The van der Waals surface area contributed by atoms with Gasteiger partial charge in [0.05, 0.1) is 18.3 Å². The Morgan fingerprint density at radius 2 is 2.19 bits per heavy atom. The van der Waals surface area contributed by atoms with Crippen molar-refractivity contribution in [3.63, 3.8) is 0 Å². The van der Waals surface area contributed by atoms with Crippen LogP contribution in [0.2, 0.25) is 0 Å². The van der Waals surface area contributed by atoms with Crippen LogP contribution in [0.4, 0.5) is 5.82 Å². The van der Waals surface area contributed by atoms with Gasteiger partial charge in [-0.3, -0.25) is 14.9 Å². The molecule has 0 saturated carbocycles. The van der Waals surface area contributed by atoms with Crippen molar-refractivity contribution in [2.45, 2.75) is 19.4 Å². The zero-order chi connectivity index (χ0) is 18.8. The monoisotopic (exact) mass is 363 g/mol. The van der Waals surface area contributed by atoms with Gasteiger partial charge in [-0.1, -0.05) is 0 Å². The fourth-order valence-corrected chi connectivity index (χ4v) is 3.09. The van der Waals surface area contributed by atoms with E-state index in [0.717, 1.165) is 24.5 Å². The summed E-state index contributed by atoms with van der Waals surface area (Å²) >= 11 is 0. The van der Waals surface area contributed by atoms with Crippen LogP contribution in [0.25, 0.3) is 5.82 Å². The Kier molecular flexibility index (Phi) is 4.30. The van der Waals surface area contributed by atoms with Gasteiger partial charge in [-0.05, 0) is 13.0 Å². The fraction of sp³-hybridized carbons (Fsp3) is 0.278. The Balaban J connectivity index is 1.51. The molecule has 1 aliphatic rings. The highest BCUT2D eigenvalue weighted by atomic mass is 16.5. The molecule has 1 fully saturated rings. The molecule has 9 nitrogen and oxygen atoms in total. The maximum absolute atomic E-state index is 12.0. The van der Waals surface area contributed by atoms with Gasteiger partial charge in [-0.25, -0.2) is 14.6 Å². The van der Waals surface area contributed by atoms with Crippen LogP contribution in [-0.4, -0.2) is 43.9 Å². The van der Waals surface area contributed by atoms with Gasteiger partial charge in [0.2, 0.25) is 0 Å². The SMILES string of the molecule is Cc1cc(=O)n(-c2cc(N3CCC(Oc4cnccc4C#N)C3)ncn2)[nH]1. The number of pyridine rings is 1. The summed E-state index contributed by atoms with van der Waals surface area (Å²) in [5.41, 5.74) is 1.06. The molecule has 1 saturated heterocycles. The second kappa shape index (κ2) is 6.92. The molecule has 1 unspecified atom stereocenters. The third-order valence-corrected chi connectivity index (χ3v) is 4.38. The van der Waals surface area contributed by atoms with Crippen molar-refractivity contribution in [2.24, 2.45) is 0 Å². The van der Waals surface area contributed by atoms with Crippen LogP contribution in [0.3, 0.4) is 0 Å². The molecule has 0 radical (unpaired) electrons. The minimum absolute atomic E-state index is 0.0739. The van der Waals surface area contributed by atoms with Crippen molar-refractivity contribution in [3.8, 4) is 17.6 Å². The highest BCUT2D eigenvalue weighted by Crippen LogP contribution is 2.24. The average Bonchev–Trinajstić information content (AvgIpc) is 3.28. The molecule has 0 amide bonds. The van der Waals surface area contributed by atoms with Crippen LogP contribution >= 0.6 is 0 Å². The van der Waals surface area contributed by atoms with Gasteiger partial charge >= 0.3 is 0 Å². The Hall–Kier alpha value is -3.67. The summed E-state index contributed by atoms with van der Waals surface area (Å²) in [4.78, 5) is 26.6. The lowest BCUT2D eigenvalue weighted by atomic mass is 10.2. The number of nitrogens with zero attached hydrogens (tertiary/aromatic N) is 6. The lowest BCUT2D eigenvalue weighted by Crippen LogP contribution is -2.26. The van der Waals surface area contributed by atoms with Crippen LogP contribution < -0.4 is 15.2 Å². The number of hydrogen-bond donors (Lipinski definition) is 1. The number of ether oxygens (including phenoxy) is 1. The number of nitriles is 1. The van der Waals surface area contributed by atoms with Crippen molar-refractivity contribution >= 4 is 5.82 Å². The fourth-order valence-electron chi connectivity index (χ4n) is 3.09. The van der Waals surface area contributed by atoms with Crippen LogP contribution in [0.15, 0.2) is 41.7 Å². The van der Waals surface area contributed by atoms with E-state index in [1.165, 1.54) is 17.1 Å². The van der Waals surface area contributed by atoms with Crippen LogP contribution in [-0.2, 0) is 0 Å². The number of hydrogen-bond acceptors (Lipinski definition) is 7. The first kappa shape index (κ1) is 16.8. The Morgan fingerprint density at radius 3 is 2.96 bits per heavy atom. The summed E-state index contributed by atoms with van der Waals surface area (Å²) < 4.78 is 7.34. The number of aromatic amines is 1. The largest absolute Gasteiger partial charge is 0.485 e. The van der Waals surface area contributed by atoms with E-state index in [1.54, 1.807) is 24.5 Å².